The van der Waals surface area contributed by atoms with Crippen molar-refractivity contribution in [3.8, 4) is 0 Å². The first kappa shape index (κ1) is 15.8. The quantitative estimate of drug-likeness (QED) is 0.830. The largest absolute Gasteiger partial charge is 0.345 e. The van der Waals surface area contributed by atoms with Crippen LogP contribution in [-0.2, 0) is 4.79 Å². The van der Waals surface area contributed by atoms with Crippen LogP contribution in [0.2, 0.25) is 0 Å². The van der Waals surface area contributed by atoms with Crippen molar-refractivity contribution < 1.29 is 4.79 Å². The Morgan fingerprint density at radius 2 is 1.89 bits per heavy atom. The highest BCUT2D eigenvalue weighted by Crippen LogP contribution is 2.24. The van der Waals surface area contributed by atoms with Gasteiger partial charge in [0.15, 0.2) is 0 Å². The topological polar surface area (TPSA) is 46.1 Å². The molecule has 1 rings (SSSR count). The Bertz CT molecular complexity index is 433. The van der Waals surface area contributed by atoms with Gasteiger partial charge in [0, 0.05) is 36.4 Å². The maximum atomic E-state index is 11.9. The molecule has 0 aliphatic heterocycles. The molecule has 0 aliphatic rings. The number of carbonyl (C=O) groups is 1. The van der Waals surface area contributed by atoms with Crippen LogP contribution in [0.4, 0.5) is 5.69 Å². The van der Waals surface area contributed by atoms with Gasteiger partial charge in [0.2, 0.25) is 5.91 Å². The predicted octanol–water partition coefficient (Wildman–Crippen LogP) is 3.01. The van der Waals surface area contributed by atoms with Crippen LogP contribution in [0.15, 0.2) is 6.07 Å². The highest BCUT2D eigenvalue weighted by molar-refractivity contribution is 5.91. The first-order valence-corrected chi connectivity index (χ1v) is 7.04. The van der Waals surface area contributed by atoms with Gasteiger partial charge in [-0.15, -0.1) is 0 Å². The van der Waals surface area contributed by atoms with Gasteiger partial charge < -0.3 is 15.2 Å². The molecule has 1 amide bonds. The molecule has 108 valence electrons. The monoisotopic (exact) mass is 265 g/mol. The second kappa shape index (κ2) is 6.75. The van der Waals surface area contributed by atoms with E-state index in [0.29, 0.717) is 25.0 Å². The zero-order valence-corrected chi connectivity index (χ0v) is 13.0. The Morgan fingerprint density at radius 1 is 1.26 bits per heavy atom. The van der Waals surface area contributed by atoms with Crippen molar-refractivity contribution in [2.75, 3.05) is 11.9 Å². The molecule has 0 aromatic carbocycles. The average Bonchev–Trinajstić information content (AvgIpc) is 2.53. The van der Waals surface area contributed by atoms with Crippen molar-refractivity contribution in [1.29, 1.82) is 0 Å². The second-order valence-corrected chi connectivity index (χ2v) is 5.66. The molecule has 0 saturated carbocycles. The lowest BCUT2D eigenvalue weighted by molar-refractivity contribution is -0.116. The fourth-order valence-electron chi connectivity index (χ4n) is 2.39. The van der Waals surface area contributed by atoms with Crippen LogP contribution >= 0.6 is 0 Å². The molecule has 0 atom stereocenters. The molecule has 1 heterocycles. The molecular formula is C15H27N3O. The van der Waals surface area contributed by atoms with Crippen molar-refractivity contribution >= 4 is 11.6 Å². The maximum Gasteiger partial charge on any atom is 0.225 e. The van der Waals surface area contributed by atoms with Crippen LogP contribution < -0.4 is 10.6 Å². The van der Waals surface area contributed by atoms with Gasteiger partial charge in [-0.3, -0.25) is 4.79 Å². The third kappa shape index (κ3) is 4.39. The normalized spacial score (nSPS) is 11.4. The summed E-state index contributed by atoms with van der Waals surface area (Å²) in [7, 11) is 0. The maximum absolute atomic E-state index is 11.9. The summed E-state index contributed by atoms with van der Waals surface area (Å²) in [5.41, 5.74) is 3.24. The Hall–Kier alpha value is -1.29. The summed E-state index contributed by atoms with van der Waals surface area (Å²) in [5.74, 6) is 0.0668. The minimum atomic E-state index is 0.0668. The molecule has 4 nitrogen and oxygen atoms in total. The van der Waals surface area contributed by atoms with E-state index in [-0.39, 0.29) is 5.91 Å². The van der Waals surface area contributed by atoms with Gasteiger partial charge in [-0.05, 0) is 33.8 Å². The van der Waals surface area contributed by atoms with Crippen molar-refractivity contribution in [2.45, 2.75) is 60.0 Å². The van der Waals surface area contributed by atoms with E-state index < -0.39 is 0 Å². The summed E-state index contributed by atoms with van der Waals surface area (Å²) in [5, 5.41) is 6.25. The molecule has 0 saturated heterocycles. The standard InChI is InChI=1S/C15H27N3O/c1-10(2)16-8-7-15(19)17-14-9-12(5)18(11(3)4)13(14)6/h9-11,16H,7-8H2,1-6H3,(H,17,19). The number of amides is 1. The molecule has 0 radical (unpaired) electrons. The number of anilines is 1. The lowest BCUT2D eigenvalue weighted by Crippen LogP contribution is -2.27. The Labute approximate surface area is 116 Å². The minimum Gasteiger partial charge on any atom is -0.345 e. The Morgan fingerprint density at radius 3 is 2.37 bits per heavy atom. The fraction of sp³-hybridized carbons (Fsp3) is 0.667. The molecular weight excluding hydrogens is 238 g/mol. The van der Waals surface area contributed by atoms with Gasteiger partial charge >= 0.3 is 0 Å². The van der Waals surface area contributed by atoms with Crippen LogP contribution in [0.25, 0.3) is 0 Å². The third-order valence-corrected chi connectivity index (χ3v) is 3.18. The Kier molecular flexibility index (Phi) is 5.60. The van der Waals surface area contributed by atoms with Crippen molar-refractivity contribution in [3.63, 3.8) is 0 Å². The number of aromatic nitrogens is 1. The van der Waals surface area contributed by atoms with Crippen LogP contribution in [-0.4, -0.2) is 23.1 Å². The van der Waals surface area contributed by atoms with Crippen LogP contribution in [0.3, 0.4) is 0 Å². The molecule has 19 heavy (non-hydrogen) atoms. The van der Waals surface area contributed by atoms with Crippen LogP contribution in [0.1, 0.15) is 51.5 Å². The van der Waals surface area contributed by atoms with Gasteiger partial charge in [0.25, 0.3) is 0 Å². The molecule has 0 bridgehead atoms. The van der Waals surface area contributed by atoms with E-state index in [2.05, 4.69) is 56.7 Å². The number of hydrogen-bond donors (Lipinski definition) is 2. The molecule has 0 spiro atoms. The highest BCUT2D eigenvalue weighted by atomic mass is 16.1. The lowest BCUT2D eigenvalue weighted by atomic mass is 10.3. The average molecular weight is 265 g/mol. The molecule has 0 unspecified atom stereocenters. The summed E-state index contributed by atoms with van der Waals surface area (Å²) in [4.78, 5) is 11.9. The number of carbonyl (C=O) groups excluding carboxylic acids is 1. The van der Waals surface area contributed by atoms with Crippen molar-refractivity contribution in [1.82, 2.24) is 9.88 Å². The van der Waals surface area contributed by atoms with Crippen molar-refractivity contribution in [2.24, 2.45) is 0 Å². The second-order valence-electron chi connectivity index (χ2n) is 5.66. The van der Waals surface area contributed by atoms with Gasteiger partial charge in [-0.25, -0.2) is 0 Å². The number of nitrogens with one attached hydrogen (secondary N) is 2. The van der Waals surface area contributed by atoms with Gasteiger partial charge in [-0.1, -0.05) is 13.8 Å². The van der Waals surface area contributed by atoms with E-state index in [4.69, 9.17) is 0 Å². The zero-order chi connectivity index (χ0) is 14.6. The molecule has 0 aliphatic carbocycles. The van der Waals surface area contributed by atoms with Gasteiger partial charge in [0.1, 0.15) is 0 Å². The first-order valence-electron chi connectivity index (χ1n) is 7.04. The Balaban J connectivity index is 2.62. The van der Waals surface area contributed by atoms with Crippen molar-refractivity contribution in [3.05, 3.63) is 17.5 Å². The molecule has 0 fully saturated rings. The SMILES string of the molecule is Cc1cc(NC(=O)CCNC(C)C)c(C)n1C(C)C. The summed E-state index contributed by atoms with van der Waals surface area (Å²) in [6.45, 7) is 13.3. The van der Waals surface area contributed by atoms with E-state index in [1.54, 1.807) is 0 Å². The number of hydrogen-bond acceptors (Lipinski definition) is 2. The molecule has 1 aromatic heterocycles. The molecule has 4 heteroatoms. The van der Waals surface area contributed by atoms with Gasteiger partial charge in [-0.2, -0.15) is 0 Å². The summed E-state index contributed by atoms with van der Waals surface area (Å²) < 4.78 is 2.24. The lowest BCUT2D eigenvalue weighted by Gasteiger charge is -2.14. The number of aryl methyl sites for hydroxylation is 1. The van der Waals surface area contributed by atoms with E-state index in [1.807, 2.05) is 6.07 Å². The molecule has 1 aromatic rings. The number of rotatable bonds is 6. The van der Waals surface area contributed by atoms with E-state index in [9.17, 15) is 4.79 Å². The van der Waals surface area contributed by atoms with Crippen LogP contribution in [0, 0.1) is 13.8 Å². The summed E-state index contributed by atoms with van der Waals surface area (Å²) >= 11 is 0. The first-order chi connectivity index (χ1) is 8.82. The zero-order valence-electron chi connectivity index (χ0n) is 13.0. The third-order valence-electron chi connectivity index (χ3n) is 3.18. The van der Waals surface area contributed by atoms with E-state index >= 15 is 0 Å². The van der Waals surface area contributed by atoms with E-state index in [1.165, 1.54) is 5.69 Å². The van der Waals surface area contributed by atoms with Crippen LogP contribution in [0.5, 0.6) is 0 Å². The molecule has 2 N–H and O–H groups in total. The van der Waals surface area contributed by atoms with E-state index in [0.717, 1.165) is 11.4 Å². The summed E-state index contributed by atoms with van der Waals surface area (Å²) in [6.07, 6.45) is 0.503. The highest BCUT2D eigenvalue weighted by Gasteiger charge is 2.13. The fourth-order valence-corrected chi connectivity index (χ4v) is 2.39. The minimum absolute atomic E-state index is 0.0668. The smallest absolute Gasteiger partial charge is 0.225 e. The predicted molar refractivity (Wildman–Crippen MR) is 80.7 cm³/mol. The summed E-state index contributed by atoms with van der Waals surface area (Å²) in [6, 6.07) is 2.87. The number of nitrogens with zero attached hydrogens (tertiary/aromatic N) is 1. The van der Waals surface area contributed by atoms with Gasteiger partial charge in [0.05, 0.1) is 5.69 Å².